The number of nitrogens with one attached hydrogen (secondary N) is 1. The second-order valence-corrected chi connectivity index (χ2v) is 5.54. The lowest BCUT2D eigenvalue weighted by atomic mass is 9.93. The maximum atomic E-state index is 11.9. The second kappa shape index (κ2) is 4.94. The highest BCUT2D eigenvalue weighted by molar-refractivity contribution is 5.77. The summed E-state index contributed by atoms with van der Waals surface area (Å²) in [4.78, 5) is 17.8. The molecule has 98 valence electrons. The van der Waals surface area contributed by atoms with Gasteiger partial charge < -0.3 is 16.0 Å². The zero-order chi connectivity index (χ0) is 13.2. The molecule has 0 aromatic carbocycles. The lowest BCUT2D eigenvalue weighted by molar-refractivity contribution is 0.191. The summed E-state index contributed by atoms with van der Waals surface area (Å²) in [6.07, 6.45) is 3.53. The highest BCUT2D eigenvalue weighted by Crippen LogP contribution is 2.23. The number of urea groups is 1. The van der Waals surface area contributed by atoms with Crippen LogP contribution in [0, 0.1) is 5.41 Å². The number of hydrogen-bond acceptors (Lipinski definition) is 3. The van der Waals surface area contributed by atoms with Crippen molar-refractivity contribution >= 4 is 6.03 Å². The number of nitrogens with zero attached hydrogens (tertiary/aromatic N) is 2. The zero-order valence-electron chi connectivity index (χ0n) is 10.9. The summed E-state index contributed by atoms with van der Waals surface area (Å²) in [6, 6.07) is 3.87. The Bertz CT molecular complexity index is 418. The minimum absolute atomic E-state index is 0.0228. The fourth-order valence-corrected chi connectivity index (χ4v) is 2.08. The van der Waals surface area contributed by atoms with Crippen LogP contribution in [0.25, 0.3) is 0 Å². The molecule has 18 heavy (non-hydrogen) atoms. The van der Waals surface area contributed by atoms with E-state index in [-0.39, 0.29) is 17.5 Å². The number of aromatic nitrogens is 1. The van der Waals surface area contributed by atoms with E-state index < -0.39 is 0 Å². The first-order valence-corrected chi connectivity index (χ1v) is 6.17. The van der Waals surface area contributed by atoms with Crippen molar-refractivity contribution in [3.8, 4) is 0 Å². The second-order valence-electron chi connectivity index (χ2n) is 5.54. The highest BCUT2D eigenvalue weighted by Gasteiger charge is 2.33. The van der Waals surface area contributed by atoms with E-state index in [1.807, 2.05) is 17.0 Å². The molecule has 1 fully saturated rings. The van der Waals surface area contributed by atoms with Crippen LogP contribution in [-0.4, -0.2) is 35.5 Å². The molecule has 1 aliphatic rings. The number of nitrogens with two attached hydrogens (primary N) is 1. The summed E-state index contributed by atoms with van der Waals surface area (Å²) in [7, 11) is 0. The fraction of sp³-hybridized carbons (Fsp3) is 0.538. The van der Waals surface area contributed by atoms with Gasteiger partial charge in [-0.15, -0.1) is 0 Å². The van der Waals surface area contributed by atoms with Gasteiger partial charge >= 0.3 is 6.03 Å². The predicted octanol–water partition coefficient (Wildman–Crippen LogP) is 1.13. The van der Waals surface area contributed by atoms with E-state index in [0.717, 1.165) is 5.56 Å². The van der Waals surface area contributed by atoms with Crippen LogP contribution in [-0.2, 0) is 0 Å². The SMILES string of the molecule is CC(C)(CN)CN1CC(c2cccnc2)NC1=O. The molecule has 1 saturated heterocycles. The van der Waals surface area contributed by atoms with E-state index in [2.05, 4.69) is 24.1 Å². The van der Waals surface area contributed by atoms with Crippen LogP contribution in [0.5, 0.6) is 0 Å². The lowest BCUT2D eigenvalue weighted by Gasteiger charge is -2.28. The van der Waals surface area contributed by atoms with Gasteiger partial charge in [-0.05, 0) is 23.6 Å². The molecule has 0 bridgehead atoms. The molecule has 5 nitrogen and oxygen atoms in total. The minimum Gasteiger partial charge on any atom is -0.330 e. The van der Waals surface area contributed by atoms with Gasteiger partial charge in [0.05, 0.1) is 6.04 Å². The number of carbonyl (C=O) groups excluding carboxylic acids is 1. The molecular weight excluding hydrogens is 228 g/mol. The first kappa shape index (κ1) is 12.8. The van der Waals surface area contributed by atoms with Gasteiger partial charge in [0, 0.05) is 25.5 Å². The van der Waals surface area contributed by atoms with Gasteiger partial charge in [0.1, 0.15) is 0 Å². The summed E-state index contributed by atoms with van der Waals surface area (Å²) in [5, 5.41) is 2.97. The summed E-state index contributed by atoms with van der Waals surface area (Å²) >= 11 is 0. The minimum atomic E-state index is -0.0544. The molecule has 2 heterocycles. The van der Waals surface area contributed by atoms with Crippen LogP contribution < -0.4 is 11.1 Å². The van der Waals surface area contributed by atoms with Crippen molar-refractivity contribution < 1.29 is 4.79 Å². The molecule has 1 aliphatic heterocycles. The van der Waals surface area contributed by atoms with Crippen molar-refractivity contribution in [3.63, 3.8) is 0 Å². The predicted molar refractivity (Wildman–Crippen MR) is 69.9 cm³/mol. The molecule has 5 heteroatoms. The monoisotopic (exact) mass is 248 g/mol. The molecule has 0 spiro atoms. The Morgan fingerprint density at radius 2 is 2.39 bits per heavy atom. The molecule has 1 aromatic rings. The molecule has 1 aromatic heterocycles. The van der Waals surface area contributed by atoms with Gasteiger partial charge in [-0.1, -0.05) is 19.9 Å². The van der Waals surface area contributed by atoms with E-state index >= 15 is 0 Å². The Hall–Kier alpha value is -1.62. The largest absolute Gasteiger partial charge is 0.330 e. The summed E-state index contributed by atoms with van der Waals surface area (Å²) in [5.41, 5.74) is 6.69. The highest BCUT2D eigenvalue weighted by atomic mass is 16.2. The van der Waals surface area contributed by atoms with Crippen molar-refractivity contribution in [1.29, 1.82) is 0 Å². The Balaban J connectivity index is 2.04. The number of carbonyl (C=O) groups is 1. The van der Waals surface area contributed by atoms with Gasteiger partial charge in [0.25, 0.3) is 0 Å². The average Bonchev–Trinajstić information content (AvgIpc) is 2.72. The Labute approximate surface area is 107 Å². The fourth-order valence-electron chi connectivity index (χ4n) is 2.08. The van der Waals surface area contributed by atoms with Gasteiger partial charge in [-0.2, -0.15) is 0 Å². The average molecular weight is 248 g/mol. The Morgan fingerprint density at radius 3 is 3.00 bits per heavy atom. The van der Waals surface area contributed by atoms with Crippen LogP contribution in [0.2, 0.25) is 0 Å². The summed E-state index contributed by atoms with van der Waals surface area (Å²) in [6.45, 7) is 6.05. The molecule has 0 saturated carbocycles. The van der Waals surface area contributed by atoms with Crippen LogP contribution in [0.15, 0.2) is 24.5 Å². The van der Waals surface area contributed by atoms with Crippen LogP contribution in [0.1, 0.15) is 25.5 Å². The van der Waals surface area contributed by atoms with Crippen LogP contribution in [0.4, 0.5) is 4.79 Å². The third-order valence-electron chi connectivity index (χ3n) is 3.25. The van der Waals surface area contributed by atoms with Crippen molar-refractivity contribution in [2.24, 2.45) is 11.1 Å². The molecule has 1 atom stereocenters. The van der Waals surface area contributed by atoms with Crippen LogP contribution >= 0.6 is 0 Å². The van der Waals surface area contributed by atoms with Crippen molar-refractivity contribution in [2.45, 2.75) is 19.9 Å². The van der Waals surface area contributed by atoms with E-state index in [1.54, 1.807) is 12.4 Å². The molecule has 3 N–H and O–H groups in total. The number of rotatable bonds is 4. The van der Waals surface area contributed by atoms with Gasteiger partial charge in [-0.3, -0.25) is 4.98 Å². The maximum Gasteiger partial charge on any atom is 0.318 e. The van der Waals surface area contributed by atoms with E-state index in [0.29, 0.717) is 19.6 Å². The third-order valence-corrected chi connectivity index (χ3v) is 3.25. The zero-order valence-corrected chi connectivity index (χ0v) is 10.9. The van der Waals surface area contributed by atoms with E-state index in [1.165, 1.54) is 0 Å². The molecular formula is C13H20N4O. The summed E-state index contributed by atoms with van der Waals surface area (Å²) in [5.74, 6) is 0. The van der Waals surface area contributed by atoms with E-state index in [4.69, 9.17) is 5.73 Å². The topological polar surface area (TPSA) is 71.2 Å². The van der Waals surface area contributed by atoms with Crippen molar-refractivity contribution in [1.82, 2.24) is 15.2 Å². The van der Waals surface area contributed by atoms with E-state index in [9.17, 15) is 4.79 Å². The normalized spacial score (nSPS) is 20.1. The van der Waals surface area contributed by atoms with Crippen molar-refractivity contribution in [2.75, 3.05) is 19.6 Å². The molecule has 0 aliphatic carbocycles. The Morgan fingerprint density at radius 1 is 1.61 bits per heavy atom. The number of hydrogen-bond donors (Lipinski definition) is 2. The smallest absolute Gasteiger partial charge is 0.318 e. The van der Waals surface area contributed by atoms with Gasteiger partial charge in [0.2, 0.25) is 0 Å². The van der Waals surface area contributed by atoms with Gasteiger partial charge in [0.15, 0.2) is 0 Å². The Kier molecular flexibility index (Phi) is 3.52. The first-order chi connectivity index (χ1) is 8.52. The quantitative estimate of drug-likeness (QED) is 0.839. The van der Waals surface area contributed by atoms with Gasteiger partial charge in [-0.25, -0.2) is 4.79 Å². The number of amides is 2. The van der Waals surface area contributed by atoms with Crippen LogP contribution in [0.3, 0.4) is 0 Å². The maximum absolute atomic E-state index is 11.9. The first-order valence-electron chi connectivity index (χ1n) is 6.17. The molecule has 2 amide bonds. The summed E-state index contributed by atoms with van der Waals surface area (Å²) < 4.78 is 0. The lowest BCUT2D eigenvalue weighted by Crippen LogP contribution is -2.40. The van der Waals surface area contributed by atoms with Crippen molar-refractivity contribution in [3.05, 3.63) is 30.1 Å². The third kappa shape index (κ3) is 2.79. The molecule has 0 radical (unpaired) electrons. The molecule has 2 rings (SSSR count). The number of pyridine rings is 1. The standard InChI is InChI=1S/C13H20N4O/c1-13(2,8-14)9-17-7-11(16-12(17)18)10-4-3-5-15-6-10/h3-6,11H,7-9,14H2,1-2H3,(H,16,18). The molecule has 1 unspecified atom stereocenters.